The predicted octanol–water partition coefficient (Wildman–Crippen LogP) is 3.07. The number of nitrogens with one attached hydrogen (secondary N) is 1. The fourth-order valence-corrected chi connectivity index (χ4v) is 2.08. The highest BCUT2D eigenvalue weighted by Crippen LogP contribution is 2.18. The van der Waals surface area contributed by atoms with Crippen LogP contribution in [0.15, 0.2) is 58.8 Å². The molecule has 2 rings (SSSR count). The number of hydrogen-bond acceptors (Lipinski definition) is 3. The van der Waals surface area contributed by atoms with Crippen LogP contribution in [-0.2, 0) is 11.3 Å². The van der Waals surface area contributed by atoms with Crippen LogP contribution in [0.2, 0.25) is 0 Å². The molecular weight excluding hydrogens is 330 g/mol. The molecule has 4 nitrogen and oxygen atoms in total. The smallest absolute Gasteiger partial charge is 0.262 e. The van der Waals surface area contributed by atoms with E-state index in [-0.39, 0.29) is 5.57 Å². The van der Waals surface area contributed by atoms with Crippen molar-refractivity contribution in [3.63, 3.8) is 0 Å². The number of amides is 1. The Bertz CT molecular complexity index is 705. The summed E-state index contributed by atoms with van der Waals surface area (Å²) in [6.07, 6.45) is 4.89. The van der Waals surface area contributed by atoms with Gasteiger partial charge in [-0.15, -0.1) is 0 Å². The first kappa shape index (κ1) is 14.9. The van der Waals surface area contributed by atoms with Crippen molar-refractivity contribution in [1.29, 1.82) is 5.26 Å². The van der Waals surface area contributed by atoms with Crippen molar-refractivity contribution < 1.29 is 4.79 Å². The lowest BCUT2D eigenvalue weighted by Gasteiger charge is -2.04. The number of nitrogens with zero attached hydrogens (tertiary/aromatic N) is 2. The van der Waals surface area contributed by atoms with Gasteiger partial charge >= 0.3 is 0 Å². The minimum absolute atomic E-state index is 0.0609. The molecule has 0 atom stereocenters. The summed E-state index contributed by atoms with van der Waals surface area (Å²) < 4.78 is 0.831. The Balaban J connectivity index is 2.09. The molecule has 0 fully saturated rings. The largest absolute Gasteiger partial charge is 0.347 e. The summed E-state index contributed by atoms with van der Waals surface area (Å²) in [7, 11) is 0. The summed E-state index contributed by atoms with van der Waals surface area (Å²) in [5.74, 6) is -0.405. The average molecular weight is 342 g/mol. The predicted molar refractivity (Wildman–Crippen MR) is 83.8 cm³/mol. The Hall–Kier alpha value is -2.45. The maximum atomic E-state index is 12.0. The number of nitriles is 1. The molecule has 1 amide bonds. The number of benzene rings is 1. The Morgan fingerprint density at radius 3 is 2.81 bits per heavy atom. The van der Waals surface area contributed by atoms with Crippen molar-refractivity contribution in [1.82, 2.24) is 10.3 Å². The number of rotatable bonds is 4. The molecule has 2 aromatic rings. The van der Waals surface area contributed by atoms with Crippen molar-refractivity contribution in [2.45, 2.75) is 6.54 Å². The molecule has 0 aliphatic carbocycles. The van der Waals surface area contributed by atoms with Gasteiger partial charge in [-0.05, 0) is 29.3 Å². The van der Waals surface area contributed by atoms with Crippen molar-refractivity contribution in [3.05, 3.63) is 70.0 Å². The fraction of sp³-hybridized carbons (Fsp3) is 0.0625. The van der Waals surface area contributed by atoms with Crippen molar-refractivity contribution in [2.24, 2.45) is 0 Å². The summed E-state index contributed by atoms with van der Waals surface area (Å²) in [5.41, 5.74) is 1.72. The third-order valence-corrected chi connectivity index (χ3v) is 3.47. The molecule has 0 aliphatic heterocycles. The van der Waals surface area contributed by atoms with Gasteiger partial charge in [-0.1, -0.05) is 40.2 Å². The van der Waals surface area contributed by atoms with E-state index in [1.165, 1.54) is 0 Å². The van der Waals surface area contributed by atoms with Crippen LogP contribution < -0.4 is 5.32 Å². The Labute approximate surface area is 131 Å². The van der Waals surface area contributed by atoms with Crippen LogP contribution in [0.1, 0.15) is 11.1 Å². The molecule has 1 aromatic carbocycles. The van der Waals surface area contributed by atoms with E-state index in [2.05, 4.69) is 26.2 Å². The number of carbonyl (C=O) groups excluding carboxylic acids is 1. The van der Waals surface area contributed by atoms with Gasteiger partial charge in [-0.25, -0.2) is 0 Å². The summed E-state index contributed by atoms with van der Waals surface area (Å²) >= 11 is 3.38. The van der Waals surface area contributed by atoms with Crippen LogP contribution in [0, 0.1) is 11.3 Å². The Morgan fingerprint density at radius 2 is 2.14 bits per heavy atom. The first-order chi connectivity index (χ1) is 10.2. The quantitative estimate of drug-likeness (QED) is 0.686. The Morgan fingerprint density at radius 1 is 1.33 bits per heavy atom. The monoisotopic (exact) mass is 341 g/mol. The van der Waals surface area contributed by atoms with Gasteiger partial charge in [0.2, 0.25) is 0 Å². The number of pyridine rings is 1. The summed E-state index contributed by atoms with van der Waals surface area (Å²) in [5, 5.41) is 11.8. The normalized spacial score (nSPS) is 10.8. The van der Waals surface area contributed by atoms with E-state index in [1.54, 1.807) is 24.5 Å². The van der Waals surface area contributed by atoms with E-state index < -0.39 is 5.91 Å². The third kappa shape index (κ3) is 4.26. The van der Waals surface area contributed by atoms with Gasteiger partial charge in [0.25, 0.3) is 5.91 Å². The molecule has 0 bridgehead atoms. The molecule has 104 valence electrons. The lowest BCUT2D eigenvalue weighted by Crippen LogP contribution is -2.24. The lowest BCUT2D eigenvalue weighted by atomic mass is 10.1. The van der Waals surface area contributed by atoms with Gasteiger partial charge in [-0.2, -0.15) is 5.26 Å². The van der Waals surface area contributed by atoms with E-state index in [0.29, 0.717) is 6.54 Å². The summed E-state index contributed by atoms with van der Waals surface area (Å²) in [4.78, 5) is 16.0. The third-order valence-electron chi connectivity index (χ3n) is 2.75. The molecule has 0 saturated carbocycles. The van der Waals surface area contributed by atoms with Gasteiger partial charge in [0.1, 0.15) is 11.6 Å². The number of halogens is 1. The maximum Gasteiger partial charge on any atom is 0.262 e. The molecule has 1 aromatic heterocycles. The maximum absolute atomic E-state index is 12.0. The number of carbonyl (C=O) groups is 1. The number of aromatic nitrogens is 1. The molecule has 1 N–H and O–H groups in total. The minimum atomic E-state index is -0.405. The lowest BCUT2D eigenvalue weighted by molar-refractivity contribution is -0.117. The van der Waals surface area contributed by atoms with Gasteiger partial charge in [0.05, 0.1) is 0 Å². The highest BCUT2D eigenvalue weighted by Gasteiger charge is 2.09. The van der Waals surface area contributed by atoms with Crippen LogP contribution in [0.3, 0.4) is 0 Å². The molecule has 0 aliphatic rings. The summed E-state index contributed by atoms with van der Waals surface area (Å²) in [6.45, 7) is 0.335. The highest BCUT2D eigenvalue weighted by molar-refractivity contribution is 9.10. The van der Waals surface area contributed by atoms with E-state index in [9.17, 15) is 4.79 Å². The van der Waals surface area contributed by atoms with Gasteiger partial charge in [0.15, 0.2) is 0 Å². The van der Waals surface area contributed by atoms with Crippen LogP contribution >= 0.6 is 15.9 Å². The molecule has 0 spiro atoms. The molecular formula is C16H12BrN3O. The first-order valence-corrected chi connectivity index (χ1v) is 7.03. The fourth-order valence-electron chi connectivity index (χ4n) is 1.68. The molecule has 5 heteroatoms. The molecule has 0 saturated heterocycles. The van der Waals surface area contributed by atoms with Gasteiger partial charge < -0.3 is 5.32 Å². The number of hydrogen-bond donors (Lipinski definition) is 1. The van der Waals surface area contributed by atoms with Crippen molar-refractivity contribution in [2.75, 3.05) is 0 Å². The molecule has 21 heavy (non-hydrogen) atoms. The van der Waals surface area contributed by atoms with Crippen LogP contribution in [0.5, 0.6) is 0 Å². The second-order valence-electron chi connectivity index (χ2n) is 4.24. The zero-order valence-electron chi connectivity index (χ0n) is 11.1. The van der Waals surface area contributed by atoms with E-state index >= 15 is 0 Å². The van der Waals surface area contributed by atoms with Crippen LogP contribution in [0.4, 0.5) is 0 Å². The zero-order chi connectivity index (χ0) is 15.1. The summed E-state index contributed by atoms with van der Waals surface area (Å²) in [6, 6.07) is 13.0. The average Bonchev–Trinajstić information content (AvgIpc) is 2.53. The second kappa shape index (κ2) is 7.36. The minimum Gasteiger partial charge on any atom is -0.347 e. The van der Waals surface area contributed by atoms with Crippen molar-refractivity contribution in [3.8, 4) is 6.07 Å². The van der Waals surface area contributed by atoms with E-state index in [0.717, 1.165) is 15.6 Å². The Kier molecular flexibility index (Phi) is 5.24. The van der Waals surface area contributed by atoms with Crippen LogP contribution in [-0.4, -0.2) is 10.9 Å². The van der Waals surface area contributed by atoms with Gasteiger partial charge in [0, 0.05) is 23.4 Å². The first-order valence-electron chi connectivity index (χ1n) is 6.24. The highest BCUT2D eigenvalue weighted by atomic mass is 79.9. The molecule has 0 unspecified atom stereocenters. The van der Waals surface area contributed by atoms with Crippen molar-refractivity contribution >= 4 is 27.9 Å². The SMILES string of the molecule is N#C/C(=C\c1ccccc1Br)C(=O)NCc1cccnc1. The molecule has 0 radical (unpaired) electrons. The van der Waals surface area contributed by atoms with Gasteiger partial charge in [-0.3, -0.25) is 9.78 Å². The second-order valence-corrected chi connectivity index (χ2v) is 5.09. The molecule has 1 heterocycles. The zero-order valence-corrected chi connectivity index (χ0v) is 12.7. The topological polar surface area (TPSA) is 65.8 Å². The van der Waals surface area contributed by atoms with E-state index in [1.807, 2.05) is 36.4 Å². The standard InChI is InChI=1S/C16H12BrN3O/c17-15-6-2-1-5-13(15)8-14(9-18)16(21)20-11-12-4-3-7-19-10-12/h1-8,10H,11H2,(H,20,21)/b14-8+. The van der Waals surface area contributed by atoms with E-state index in [4.69, 9.17) is 5.26 Å². The van der Waals surface area contributed by atoms with Crippen LogP contribution in [0.25, 0.3) is 6.08 Å².